The van der Waals surface area contributed by atoms with Crippen molar-refractivity contribution in [2.45, 2.75) is 23.6 Å². The summed E-state index contributed by atoms with van der Waals surface area (Å²) in [6.07, 6.45) is -1.08. The lowest BCUT2D eigenvalue weighted by Gasteiger charge is -2.28. The van der Waals surface area contributed by atoms with Gasteiger partial charge in [0.25, 0.3) is 0 Å². The predicted molar refractivity (Wildman–Crippen MR) is 68.2 cm³/mol. The van der Waals surface area contributed by atoms with Crippen LogP contribution in [0, 0.1) is 0 Å². The van der Waals surface area contributed by atoms with Crippen LogP contribution in [0.25, 0.3) is 0 Å². The van der Waals surface area contributed by atoms with Gasteiger partial charge in [0.05, 0.1) is 0 Å². The number of aliphatic hydroxyl groups excluding tert-OH is 1. The molecule has 1 aromatic carbocycles. The summed E-state index contributed by atoms with van der Waals surface area (Å²) in [5, 5.41) is 10.1. The minimum atomic E-state index is -3.38. The topological polar surface area (TPSA) is 54.4 Å². The van der Waals surface area contributed by atoms with E-state index < -0.39 is 19.6 Å². The monoisotopic (exact) mass is 306 g/mol. The minimum absolute atomic E-state index is 0.0152. The van der Waals surface area contributed by atoms with Crippen LogP contribution >= 0.6 is 15.9 Å². The molecule has 0 aliphatic carbocycles. The van der Waals surface area contributed by atoms with Crippen molar-refractivity contribution in [3.63, 3.8) is 0 Å². The SMILES string of the molecule is CCS(=O)(=O)[C@@](C)(Br)[C@@H](O)c1ccccc1. The second-order valence-corrected chi connectivity index (χ2v) is 8.53. The van der Waals surface area contributed by atoms with Gasteiger partial charge in [-0.25, -0.2) is 8.42 Å². The summed E-state index contributed by atoms with van der Waals surface area (Å²) < 4.78 is 22.3. The Balaban J connectivity index is 3.11. The number of rotatable bonds is 4. The van der Waals surface area contributed by atoms with Gasteiger partial charge >= 0.3 is 0 Å². The third-order valence-electron chi connectivity index (χ3n) is 2.59. The Bertz CT molecular complexity index is 440. The van der Waals surface area contributed by atoms with Gasteiger partial charge in [0.15, 0.2) is 13.5 Å². The summed E-state index contributed by atoms with van der Waals surface area (Å²) in [5.41, 5.74) is 0.582. The van der Waals surface area contributed by atoms with Gasteiger partial charge in [0.1, 0.15) is 6.10 Å². The molecule has 3 nitrogen and oxygen atoms in total. The van der Waals surface area contributed by atoms with Crippen molar-refractivity contribution < 1.29 is 13.5 Å². The molecule has 0 radical (unpaired) electrons. The molecule has 0 fully saturated rings. The van der Waals surface area contributed by atoms with E-state index in [-0.39, 0.29) is 5.75 Å². The van der Waals surface area contributed by atoms with Crippen LogP contribution in [0.5, 0.6) is 0 Å². The summed E-state index contributed by atoms with van der Waals surface area (Å²) in [6.45, 7) is 3.04. The number of hydrogen-bond acceptors (Lipinski definition) is 3. The molecule has 1 rings (SSSR count). The smallest absolute Gasteiger partial charge is 0.168 e. The van der Waals surface area contributed by atoms with E-state index in [9.17, 15) is 13.5 Å². The molecule has 0 bridgehead atoms. The number of halogens is 1. The third kappa shape index (κ3) is 2.47. The maximum atomic E-state index is 11.8. The van der Waals surface area contributed by atoms with Crippen molar-refractivity contribution in [2.24, 2.45) is 0 Å². The first-order valence-corrected chi connectivity index (χ1v) is 7.41. The van der Waals surface area contributed by atoms with Gasteiger partial charge in [0, 0.05) is 5.75 Å². The average Bonchev–Trinajstić information content (AvgIpc) is 2.29. The quantitative estimate of drug-likeness (QED) is 0.868. The molecule has 0 aliphatic rings. The van der Waals surface area contributed by atoms with Gasteiger partial charge in [0.2, 0.25) is 0 Å². The number of alkyl halides is 1. The van der Waals surface area contributed by atoms with E-state index in [1.807, 2.05) is 6.07 Å². The van der Waals surface area contributed by atoms with E-state index in [2.05, 4.69) is 15.9 Å². The zero-order chi connectivity index (χ0) is 12.4. The summed E-state index contributed by atoms with van der Waals surface area (Å²) in [6, 6.07) is 8.75. The number of sulfone groups is 1. The van der Waals surface area contributed by atoms with E-state index in [1.165, 1.54) is 6.92 Å². The Kier molecular flexibility index (Phi) is 4.15. The fourth-order valence-corrected chi connectivity index (χ4v) is 3.38. The summed E-state index contributed by atoms with van der Waals surface area (Å²) in [7, 11) is -3.38. The van der Waals surface area contributed by atoms with Crippen molar-refractivity contribution >= 4 is 25.8 Å². The molecular formula is C11H15BrO3S. The van der Waals surface area contributed by atoms with E-state index in [4.69, 9.17) is 0 Å². The molecule has 90 valence electrons. The van der Waals surface area contributed by atoms with E-state index in [1.54, 1.807) is 31.2 Å². The van der Waals surface area contributed by atoms with Gasteiger partial charge < -0.3 is 5.11 Å². The lowest BCUT2D eigenvalue weighted by molar-refractivity contribution is 0.167. The molecule has 0 spiro atoms. The Morgan fingerprint density at radius 1 is 1.38 bits per heavy atom. The second kappa shape index (κ2) is 4.85. The summed E-state index contributed by atoms with van der Waals surface area (Å²) in [5.74, 6) is -0.0152. The molecule has 1 aromatic rings. The first kappa shape index (κ1) is 13.7. The van der Waals surface area contributed by atoms with Crippen LogP contribution in [0.2, 0.25) is 0 Å². The number of benzene rings is 1. The van der Waals surface area contributed by atoms with Crippen LogP contribution in [0.4, 0.5) is 0 Å². The van der Waals surface area contributed by atoms with Gasteiger partial charge in [-0.15, -0.1) is 0 Å². The number of aliphatic hydroxyl groups is 1. The molecule has 0 aliphatic heterocycles. The van der Waals surface area contributed by atoms with E-state index in [0.29, 0.717) is 5.56 Å². The lowest BCUT2D eigenvalue weighted by atomic mass is 10.1. The average molecular weight is 307 g/mol. The fourth-order valence-electron chi connectivity index (χ4n) is 1.39. The Morgan fingerprint density at radius 3 is 2.31 bits per heavy atom. The highest BCUT2D eigenvalue weighted by Crippen LogP contribution is 2.38. The molecule has 0 amide bonds. The van der Waals surface area contributed by atoms with Crippen LogP contribution in [-0.2, 0) is 9.84 Å². The molecule has 0 heterocycles. The fraction of sp³-hybridized carbons (Fsp3) is 0.455. The molecule has 0 saturated carbocycles. The van der Waals surface area contributed by atoms with Gasteiger partial charge in [-0.3, -0.25) is 0 Å². The first-order valence-electron chi connectivity index (χ1n) is 4.97. The highest BCUT2D eigenvalue weighted by molar-refractivity contribution is 9.11. The molecule has 2 atom stereocenters. The predicted octanol–water partition coefficient (Wildman–Crippen LogP) is 2.27. The Hall–Kier alpha value is -0.390. The lowest BCUT2D eigenvalue weighted by Crippen LogP contribution is -2.36. The molecular weight excluding hydrogens is 292 g/mol. The third-order valence-corrected chi connectivity index (χ3v) is 6.70. The molecule has 0 unspecified atom stereocenters. The number of hydrogen-bond donors (Lipinski definition) is 1. The van der Waals surface area contributed by atoms with Crippen LogP contribution in [0.3, 0.4) is 0 Å². The maximum absolute atomic E-state index is 11.8. The first-order chi connectivity index (χ1) is 7.33. The Labute approximate surface area is 105 Å². The molecule has 0 aromatic heterocycles. The maximum Gasteiger partial charge on any atom is 0.168 e. The van der Waals surface area contributed by atoms with E-state index in [0.717, 1.165) is 0 Å². The van der Waals surface area contributed by atoms with E-state index >= 15 is 0 Å². The van der Waals surface area contributed by atoms with Crippen LogP contribution in [-0.4, -0.2) is 22.9 Å². The molecule has 5 heteroatoms. The minimum Gasteiger partial charge on any atom is -0.386 e. The highest BCUT2D eigenvalue weighted by atomic mass is 79.9. The molecule has 0 saturated heterocycles. The normalized spacial score (nSPS) is 17.8. The highest BCUT2D eigenvalue weighted by Gasteiger charge is 2.42. The van der Waals surface area contributed by atoms with Crippen molar-refractivity contribution in [1.82, 2.24) is 0 Å². The van der Waals surface area contributed by atoms with Crippen molar-refractivity contribution in [3.8, 4) is 0 Å². The zero-order valence-corrected chi connectivity index (χ0v) is 11.6. The summed E-state index contributed by atoms with van der Waals surface area (Å²) in [4.78, 5) is 0. The van der Waals surface area contributed by atoms with Crippen molar-refractivity contribution in [3.05, 3.63) is 35.9 Å². The summed E-state index contributed by atoms with van der Waals surface area (Å²) >= 11 is 3.13. The van der Waals surface area contributed by atoms with Gasteiger partial charge in [-0.1, -0.05) is 53.2 Å². The second-order valence-electron chi connectivity index (χ2n) is 3.70. The van der Waals surface area contributed by atoms with Crippen LogP contribution in [0.15, 0.2) is 30.3 Å². The van der Waals surface area contributed by atoms with Gasteiger partial charge in [-0.2, -0.15) is 0 Å². The van der Waals surface area contributed by atoms with Crippen molar-refractivity contribution in [2.75, 3.05) is 5.75 Å². The standard InChI is InChI=1S/C11H15BrO3S/c1-3-16(14,15)11(2,12)10(13)9-7-5-4-6-8-9/h4-8,10,13H,3H2,1-2H3/t10-,11+/m0/s1. The Morgan fingerprint density at radius 2 is 1.88 bits per heavy atom. The van der Waals surface area contributed by atoms with Crippen LogP contribution < -0.4 is 0 Å². The van der Waals surface area contributed by atoms with Gasteiger partial charge in [-0.05, 0) is 12.5 Å². The zero-order valence-electron chi connectivity index (χ0n) is 9.22. The largest absolute Gasteiger partial charge is 0.386 e. The molecule has 1 N–H and O–H groups in total. The van der Waals surface area contributed by atoms with Crippen LogP contribution in [0.1, 0.15) is 25.5 Å². The molecule has 16 heavy (non-hydrogen) atoms. The van der Waals surface area contributed by atoms with Crippen molar-refractivity contribution in [1.29, 1.82) is 0 Å².